The minimum atomic E-state index is -4.77. The molecule has 5 rings (SSSR count). The van der Waals surface area contributed by atoms with Gasteiger partial charge in [0, 0.05) is 34.5 Å². The summed E-state index contributed by atoms with van der Waals surface area (Å²) in [4.78, 5) is 19.4. The molecule has 1 heterocycles. The standard InChI is InChI=1S/C31H24F4N4O3/c1-3-38(30(40)21-10-17-27(32)26(18-21)25-6-4-5-7-28(25)41-2)22-11-8-20(9-12-22)29-36-19-39(37-29)23-13-15-24(16-14-23)42-31(33,34)35/h4-19H,3H2,1-2H3. The van der Waals surface area contributed by atoms with E-state index in [2.05, 4.69) is 14.8 Å². The number of amides is 1. The number of aromatic nitrogens is 3. The van der Waals surface area contributed by atoms with Gasteiger partial charge in [0.15, 0.2) is 5.82 Å². The maximum Gasteiger partial charge on any atom is 0.573 e. The van der Waals surface area contributed by atoms with Gasteiger partial charge in [-0.05, 0) is 79.7 Å². The number of benzene rings is 4. The van der Waals surface area contributed by atoms with E-state index in [4.69, 9.17) is 4.74 Å². The number of hydrogen-bond acceptors (Lipinski definition) is 5. The number of halogens is 4. The lowest BCUT2D eigenvalue weighted by atomic mass is 10.0. The molecule has 214 valence electrons. The van der Waals surface area contributed by atoms with Crippen molar-refractivity contribution in [2.24, 2.45) is 0 Å². The number of carbonyl (C=O) groups excluding carboxylic acids is 1. The van der Waals surface area contributed by atoms with E-state index in [1.54, 1.807) is 53.4 Å². The molecule has 0 unspecified atom stereocenters. The van der Waals surface area contributed by atoms with Gasteiger partial charge in [0.2, 0.25) is 0 Å². The average molecular weight is 577 g/mol. The van der Waals surface area contributed by atoms with Gasteiger partial charge in [-0.2, -0.15) is 0 Å². The van der Waals surface area contributed by atoms with E-state index in [9.17, 15) is 22.4 Å². The second-order valence-corrected chi connectivity index (χ2v) is 9.05. The van der Waals surface area contributed by atoms with Crippen molar-refractivity contribution in [2.45, 2.75) is 13.3 Å². The molecule has 0 aliphatic rings. The van der Waals surface area contributed by atoms with E-state index in [1.165, 1.54) is 60.6 Å². The fourth-order valence-electron chi connectivity index (χ4n) is 4.44. The van der Waals surface area contributed by atoms with Crippen LogP contribution >= 0.6 is 0 Å². The predicted octanol–water partition coefficient (Wildman–Crippen LogP) is 7.31. The third-order valence-electron chi connectivity index (χ3n) is 6.44. The molecular weight excluding hydrogens is 552 g/mol. The molecule has 0 N–H and O–H groups in total. The quantitative estimate of drug-likeness (QED) is 0.181. The fourth-order valence-corrected chi connectivity index (χ4v) is 4.44. The van der Waals surface area contributed by atoms with Crippen LogP contribution in [0.2, 0.25) is 0 Å². The molecule has 0 atom stereocenters. The monoisotopic (exact) mass is 576 g/mol. The molecule has 1 aromatic heterocycles. The Labute approximate surface area is 238 Å². The summed E-state index contributed by atoms with van der Waals surface area (Å²) in [6.07, 6.45) is -3.33. The van der Waals surface area contributed by atoms with Crippen molar-refractivity contribution >= 4 is 11.6 Å². The normalized spacial score (nSPS) is 11.3. The number of para-hydroxylation sites is 1. The Kier molecular flexibility index (Phi) is 7.92. The zero-order valence-corrected chi connectivity index (χ0v) is 22.5. The van der Waals surface area contributed by atoms with E-state index in [0.717, 1.165) is 0 Å². The van der Waals surface area contributed by atoms with E-state index in [1.807, 2.05) is 6.92 Å². The Morgan fingerprint density at radius 1 is 0.929 bits per heavy atom. The van der Waals surface area contributed by atoms with E-state index in [0.29, 0.717) is 46.2 Å². The largest absolute Gasteiger partial charge is 0.573 e. The number of carbonyl (C=O) groups is 1. The lowest BCUT2D eigenvalue weighted by Crippen LogP contribution is -2.30. The fraction of sp³-hybridized carbons (Fsp3) is 0.129. The molecule has 7 nitrogen and oxygen atoms in total. The molecule has 0 saturated carbocycles. The number of methoxy groups -OCH3 is 1. The third kappa shape index (κ3) is 6.09. The van der Waals surface area contributed by atoms with Crippen LogP contribution in [-0.4, -0.2) is 40.7 Å². The van der Waals surface area contributed by atoms with Crippen molar-refractivity contribution in [3.8, 4) is 39.7 Å². The van der Waals surface area contributed by atoms with Crippen molar-refractivity contribution in [2.75, 3.05) is 18.6 Å². The highest BCUT2D eigenvalue weighted by atomic mass is 19.4. The lowest BCUT2D eigenvalue weighted by Gasteiger charge is -2.22. The molecule has 5 aromatic rings. The smallest absolute Gasteiger partial charge is 0.496 e. The summed E-state index contributed by atoms with van der Waals surface area (Å²) in [6, 6.07) is 23.5. The first kappa shape index (κ1) is 28.3. The van der Waals surface area contributed by atoms with Gasteiger partial charge in [0.25, 0.3) is 5.91 Å². The van der Waals surface area contributed by atoms with Crippen LogP contribution in [0.25, 0.3) is 28.2 Å². The molecule has 11 heteroatoms. The third-order valence-corrected chi connectivity index (χ3v) is 6.44. The zero-order chi connectivity index (χ0) is 29.9. The van der Waals surface area contributed by atoms with Crippen LogP contribution in [0, 0.1) is 5.82 Å². The molecule has 0 aliphatic carbocycles. The number of alkyl halides is 3. The summed E-state index contributed by atoms with van der Waals surface area (Å²) in [5.41, 5.74) is 2.89. The first-order valence-electron chi connectivity index (χ1n) is 12.8. The van der Waals surface area contributed by atoms with Crippen molar-refractivity contribution in [1.82, 2.24) is 14.8 Å². The van der Waals surface area contributed by atoms with Crippen LogP contribution in [0.4, 0.5) is 23.2 Å². The van der Waals surface area contributed by atoms with Gasteiger partial charge in [-0.1, -0.05) is 18.2 Å². The van der Waals surface area contributed by atoms with Gasteiger partial charge in [-0.25, -0.2) is 14.1 Å². The molecule has 4 aromatic carbocycles. The van der Waals surface area contributed by atoms with Crippen LogP contribution in [-0.2, 0) is 0 Å². The average Bonchev–Trinajstić information content (AvgIpc) is 3.48. The maximum absolute atomic E-state index is 14.8. The highest BCUT2D eigenvalue weighted by molar-refractivity contribution is 6.06. The topological polar surface area (TPSA) is 69.5 Å². The zero-order valence-electron chi connectivity index (χ0n) is 22.5. The number of rotatable bonds is 8. The van der Waals surface area contributed by atoms with E-state index < -0.39 is 12.2 Å². The van der Waals surface area contributed by atoms with Crippen LogP contribution in [0.5, 0.6) is 11.5 Å². The van der Waals surface area contributed by atoms with Gasteiger partial charge in [0.1, 0.15) is 23.6 Å². The summed E-state index contributed by atoms with van der Waals surface area (Å²) < 4.78 is 62.7. The van der Waals surface area contributed by atoms with Gasteiger partial charge in [0.05, 0.1) is 12.8 Å². The predicted molar refractivity (Wildman–Crippen MR) is 149 cm³/mol. The Morgan fingerprint density at radius 3 is 2.31 bits per heavy atom. The molecule has 42 heavy (non-hydrogen) atoms. The first-order valence-corrected chi connectivity index (χ1v) is 12.8. The molecule has 0 aliphatic heterocycles. The van der Waals surface area contributed by atoms with Crippen molar-refractivity contribution in [3.05, 3.63) is 109 Å². The van der Waals surface area contributed by atoms with Crippen molar-refractivity contribution < 1.29 is 31.8 Å². The second kappa shape index (κ2) is 11.7. The van der Waals surface area contributed by atoms with Crippen LogP contribution in [0.3, 0.4) is 0 Å². The van der Waals surface area contributed by atoms with Crippen molar-refractivity contribution in [3.63, 3.8) is 0 Å². The first-order chi connectivity index (χ1) is 20.2. The number of nitrogens with zero attached hydrogens (tertiary/aromatic N) is 4. The molecule has 1 amide bonds. The van der Waals surface area contributed by atoms with Crippen LogP contribution in [0.1, 0.15) is 17.3 Å². The Balaban J connectivity index is 1.35. The van der Waals surface area contributed by atoms with Gasteiger partial charge in [-0.15, -0.1) is 18.3 Å². The molecular formula is C31H24F4N4O3. The number of ether oxygens (including phenoxy) is 2. The summed E-state index contributed by atoms with van der Waals surface area (Å²) >= 11 is 0. The molecule has 0 spiro atoms. The van der Waals surface area contributed by atoms with Gasteiger partial charge >= 0.3 is 6.36 Å². The minimum Gasteiger partial charge on any atom is -0.496 e. The highest BCUT2D eigenvalue weighted by Crippen LogP contribution is 2.33. The Hall–Kier alpha value is -5.19. The maximum atomic E-state index is 14.8. The summed E-state index contributed by atoms with van der Waals surface area (Å²) in [7, 11) is 1.50. The van der Waals surface area contributed by atoms with Crippen LogP contribution in [0.15, 0.2) is 97.3 Å². The SMILES string of the molecule is CCN(C(=O)c1ccc(F)c(-c2ccccc2OC)c1)c1ccc(-c2ncn(-c3ccc(OC(F)(F)F)cc3)n2)cc1. The summed E-state index contributed by atoms with van der Waals surface area (Å²) in [6.45, 7) is 2.20. The lowest BCUT2D eigenvalue weighted by molar-refractivity contribution is -0.274. The molecule has 0 saturated heterocycles. The molecule has 0 bridgehead atoms. The van der Waals surface area contributed by atoms with Crippen LogP contribution < -0.4 is 14.4 Å². The van der Waals surface area contributed by atoms with Gasteiger partial charge < -0.3 is 14.4 Å². The number of hydrogen-bond donors (Lipinski definition) is 0. The highest BCUT2D eigenvalue weighted by Gasteiger charge is 2.31. The second-order valence-electron chi connectivity index (χ2n) is 9.05. The molecule has 0 fully saturated rings. The molecule has 0 radical (unpaired) electrons. The summed E-state index contributed by atoms with van der Waals surface area (Å²) in [5.74, 6) is -0.240. The Morgan fingerprint density at radius 2 is 1.64 bits per heavy atom. The van der Waals surface area contributed by atoms with Gasteiger partial charge in [-0.3, -0.25) is 4.79 Å². The summed E-state index contributed by atoms with van der Waals surface area (Å²) in [5, 5.41) is 4.41. The van der Waals surface area contributed by atoms with E-state index >= 15 is 0 Å². The number of anilines is 1. The van der Waals surface area contributed by atoms with Crippen molar-refractivity contribution in [1.29, 1.82) is 0 Å². The Bertz CT molecular complexity index is 1700. The minimum absolute atomic E-state index is 0.258. The van der Waals surface area contributed by atoms with E-state index in [-0.39, 0.29) is 17.2 Å².